The van der Waals surface area contributed by atoms with E-state index in [1.165, 1.54) is 11.8 Å². The Labute approximate surface area is 221 Å². The van der Waals surface area contributed by atoms with Crippen LogP contribution in [0.5, 0.6) is 0 Å². The summed E-state index contributed by atoms with van der Waals surface area (Å²) in [6.45, 7) is 10.3. The third-order valence-corrected chi connectivity index (χ3v) is 8.05. The number of fused-ring (bicyclic) bond motifs is 1. The normalized spacial score (nSPS) is 33.9. The van der Waals surface area contributed by atoms with Crippen LogP contribution in [-0.2, 0) is 14.3 Å². The van der Waals surface area contributed by atoms with Gasteiger partial charge in [0, 0.05) is 49.0 Å². The second-order valence-electron chi connectivity index (χ2n) is 10.4. The first-order chi connectivity index (χ1) is 17.1. The van der Waals surface area contributed by atoms with Crippen LogP contribution in [0.3, 0.4) is 0 Å². The van der Waals surface area contributed by atoms with Gasteiger partial charge in [0.2, 0.25) is 0 Å². The zero-order valence-corrected chi connectivity index (χ0v) is 23.5. The van der Waals surface area contributed by atoms with E-state index in [1.54, 1.807) is 0 Å². The molecule has 3 rings (SSSR count). The van der Waals surface area contributed by atoms with Gasteiger partial charge in [-0.05, 0) is 43.2 Å². The molecule has 6 unspecified atom stereocenters. The van der Waals surface area contributed by atoms with Crippen molar-refractivity contribution >= 4 is 23.5 Å². The highest BCUT2D eigenvalue weighted by atomic mass is 32.2. The summed E-state index contributed by atoms with van der Waals surface area (Å²) in [5.74, 6) is -0.339. The number of thioether (sulfide) groups is 1. The lowest BCUT2D eigenvalue weighted by Crippen LogP contribution is -2.30. The summed E-state index contributed by atoms with van der Waals surface area (Å²) in [5.41, 5.74) is 6.88. The van der Waals surface area contributed by atoms with Crippen LogP contribution in [0.2, 0.25) is 0 Å². The molecule has 0 aromatic carbocycles. The van der Waals surface area contributed by atoms with E-state index in [0.29, 0.717) is 31.8 Å². The molecule has 0 aromatic heterocycles. The number of nitrogens with one attached hydrogen (secondary N) is 1. The predicted octanol–water partition coefficient (Wildman–Crippen LogP) is 3.43. The largest absolute Gasteiger partial charge is 0.458 e. The molecular formula is C27H47N3O5S. The number of hydrogen-bond donors (Lipinski definition) is 4. The number of nitrogens with two attached hydrogens (primary N) is 1. The number of rotatable bonds is 4. The smallest absolute Gasteiger partial charge is 0.306 e. The van der Waals surface area contributed by atoms with Crippen molar-refractivity contribution < 1.29 is 24.5 Å². The molecule has 6 atom stereocenters. The zero-order valence-electron chi connectivity index (χ0n) is 22.7. The molecule has 0 aromatic rings. The highest BCUT2D eigenvalue weighted by Gasteiger charge is 2.47. The molecule has 3 aliphatic heterocycles. The molecule has 36 heavy (non-hydrogen) atoms. The van der Waals surface area contributed by atoms with Crippen LogP contribution in [0.4, 0.5) is 0 Å². The predicted molar refractivity (Wildman–Crippen MR) is 145 cm³/mol. The maximum absolute atomic E-state index is 12.8. The highest BCUT2D eigenvalue weighted by molar-refractivity contribution is 8.02. The Morgan fingerprint density at radius 2 is 1.97 bits per heavy atom. The van der Waals surface area contributed by atoms with Crippen LogP contribution in [0.1, 0.15) is 86.0 Å². The van der Waals surface area contributed by atoms with Gasteiger partial charge in [-0.3, -0.25) is 14.5 Å². The fourth-order valence-electron chi connectivity index (χ4n) is 4.93. The van der Waals surface area contributed by atoms with Gasteiger partial charge in [0.05, 0.1) is 12.7 Å². The van der Waals surface area contributed by atoms with E-state index in [0.717, 1.165) is 30.5 Å². The maximum atomic E-state index is 12.8. The van der Waals surface area contributed by atoms with Crippen LogP contribution < -0.4 is 11.1 Å². The number of allylic oxidation sites excluding steroid dienone is 1. The summed E-state index contributed by atoms with van der Waals surface area (Å²) < 4.78 is 5.97. The molecule has 3 aliphatic rings. The third kappa shape index (κ3) is 9.17. The molecule has 8 nitrogen and oxygen atoms in total. The standard InChI is InChI=1S/C25H41N3O5S.C2H6/c1-16(12-17-15-34-24(26)27-17)21-14-20-19(28(20)10-11-29)7-5-4-6-18(30)13-22(31)25(2,3)9-8-23(32)33-21;1-2/h12,15,18-21,24,27,29-30H,4-11,13-14,26H2,1-3H3;1-2H3/b16-12+;. The van der Waals surface area contributed by atoms with Gasteiger partial charge in [-0.2, -0.15) is 0 Å². The van der Waals surface area contributed by atoms with Crippen LogP contribution >= 0.6 is 11.8 Å². The summed E-state index contributed by atoms with van der Waals surface area (Å²) >= 11 is 1.50. The molecule has 9 heteroatoms. The van der Waals surface area contributed by atoms with Crippen LogP contribution in [0.25, 0.3) is 0 Å². The molecule has 206 valence electrons. The second kappa shape index (κ2) is 14.5. The quantitative estimate of drug-likeness (QED) is 0.323. The number of ketones is 1. The van der Waals surface area contributed by atoms with E-state index in [-0.39, 0.29) is 48.8 Å². The van der Waals surface area contributed by atoms with E-state index in [4.69, 9.17) is 10.5 Å². The van der Waals surface area contributed by atoms with Crippen molar-refractivity contribution in [1.29, 1.82) is 0 Å². The van der Waals surface area contributed by atoms with Gasteiger partial charge < -0.3 is 26.0 Å². The lowest BCUT2D eigenvalue weighted by molar-refractivity contribution is -0.148. The average Bonchev–Trinajstić information content (AvgIpc) is 3.29. The molecule has 0 aliphatic carbocycles. The average molecular weight is 526 g/mol. The van der Waals surface area contributed by atoms with E-state index < -0.39 is 11.5 Å². The summed E-state index contributed by atoms with van der Waals surface area (Å²) in [6.07, 6.45) is 5.64. The van der Waals surface area contributed by atoms with Crippen LogP contribution in [-0.4, -0.2) is 69.8 Å². The van der Waals surface area contributed by atoms with E-state index in [9.17, 15) is 19.8 Å². The van der Waals surface area contributed by atoms with Crippen LogP contribution in [0.15, 0.2) is 22.8 Å². The minimum absolute atomic E-state index is 0.0167. The monoisotopic (exact) mass is 525 g/mol. The van der Waals surface area contributed by atoms with E-state index in [1.807, 2.05) is 46.1 Å². The van der Waals surface area contributed by atoms with Gasteiger partial charge in [-0.1, -0.05) is 52.3 Å². The Hall–Kier alpha value is -1.39. The number of Topliss-reactive ketones (excluding diaryl/α,β-unsaturated/α-hetero) is 1. The molecule has 5 N–H and O–H groups in total. The molecular weight excluding hydrogens is 478 g/mol. The number of cyclic esters (lactones) is 1. The molecule has 0 amide bonds. The molecule has 0 bridgehead atoms. The minimum Gasteiger partial charge on any atom is -0.458 e. The van der Waals surface area contributed by atoms with Crippen molar-refractivity contribution in [2.24, 2.45) is 11.1 Å². The van der Waals surface area contributed by atoms with Crippen molar-refractivity contribution in [2.45, 2.75) is 116 Å². The topological polar surface area (TPSA) is 125 Å². The first-order valence-electron chi connectivity index (χ1n) is 13.4. The maximum Gasteiger partial charge on any atom is 0.306 e. The summed E-state index contributed by atoms with van der Waals surface area (Å²) in [7, 11) is 0. The molecule has 0 saturated carbocycles. The van der Waals surface area contributed by atoms with Gasteiger partial charge in [0.15, 0.2) is 0 Å². The van der Waals surface area contributed by atoms with Crippen molar-refractivity contribution in [2.75, 3.05) is 13.2 Å². The Morgan fingerprint density at radius 3 is 2.61 bits per heavy atom. The Bertz CT molecular complexity index is 800. The van der Waals surface area contributed by atoms with Crippen molar-refractivity contribution in [3.63, 3.8) is 0 Å². The van der Waals surface area contributed by atoms with Crippen molar-refractivity contribution in [1.82, 2.24) is 10.2 Å². The van der Waals surface area contributed by atoms with Gasteiger partial charge in [-0.15, -0.1) is 0 Å². The summed E-state index contributed by atoms with van der Waals surface area (Å²) in [6, 6.07) is 0.575. The molecule has 2 fully saturated rings. The van der Waals surface area contributed by atoms with Crippen molar-refractivity contribution in [3.8, 4) is 0 Å². The van der Waals surface area contributed by atoms with E-state index in [2.05, 4.69) is 10.2 Å². The number of carbonyl (C=O) groups excluding carboxylic acids is 2. The lowest BCUT2D eigenvalue weighted by atomic mass is 9.80. The van der Waals surface area contributed by atoms with Gasteiger partial charge in [0.25, 0.3) is 0 Å². The van der Waals surface area contributed by atoms with Crippen molar-refractivity contribution in [3.05, 3.63) is 22.8 Å². The number of aliphatic hydroxyl groups excluding tert-OH is 2. The third-order valence-electron chi connectivity index (χ3n) is 7.25. The Kier molecular flexibility index (Phi) is 12.4. The number of esters is 1. The number of nitrogens with zero attached hydrogens (tertiary/aromatic N) is 1. The van der Waals surface area contributed by atoms with Gasteiger partial charge in [-0.25, -0.2) is 0 Å². The minimum atomic E-state index is -0.692. The zero-order chi connectivity index (χ0) is 26.9. The molecule has 0 radical (unpaired) electrons. The van der Waals surface area contributed by atoms with Gasteiger partial charge in [0.1, 0.15) is 17.4 Å². The number of aliphatic hydroxyl groups is 2. The number of ether oxygens (including phenoxy) is 1. The number of carbonyl (C=O) groups is 2. The fourth-order valence-corrected chi connectivity index (χ4v) is 5.56. The Balaban J connectivity index is 0.00000222. The number of β-amino-alcohol motifs (C(OH)–C–C–N with tert-alkyl or cyclic N) is 1. The molecule has 3 heterocycles. The molecule has 2 saturated heterocycles. The summed E-state index contributed by atoms with van der Waals surface area (Å²) in [5, 5.41) is 25.0. The summed E-state index contributed by atoms with van der Waals surface area (Å²) in [4.78, 5) is 27.9. The molecule has 0 spiro atoms. The fraction of sp³-hybridized carbons (Fsp3) is 0.778. The highest BCUT2D eigenvalue weighted by Crippen LogP contribution is 2.38. The lowest BCUT2D eigenvalue weighted by Gasteiger charge is -2.25. The second-order valence-corrected chi connectivity index (χ2v) is 11.4. The Morgan fingerprint density at radius 1 is 1.28 bits per heavy atom. The van der Waals surface area contributed by atoms with Gasteiger partial charge >= 0.3 is 5.97 Å². The van der Waals surface area contributed by atoms with Crippen LogP contribution in [0, 0.1) is 5.41 Å². The number of hydrogen-bond acceptors (Lipinski definition) is 9. The van der Waals surface area contributed by atoms with E-state index >= 15 is 0 Å². The SMILES string of the molecule is C/C(=C\C1=CSC(N)N1)C1CC2C(CCCCC(O)CC(=O)C(C)(C)CCC(=O)O1)N2CCO.CC. The first-order valence-corrected chi connectivity index (χ1v) is 14.4. The first kappa shape index (κ1) is 30.8.